The number of hydrogen-bond acceptors (Lipinski definition) is 6. The SMILES string of the molecule is CCOC(=O)COc1ccccc1CN/C(N)=N/C(=O)c1ccc(C[C@H](N)C(=O)O)cc1. The summed E-state index contributed by atoms with van der Waals surface area (Å²) in [7, 11) is 0. The number of aliphatic carboxylic acids is 1. The predicted molar refractivity (Wildman–Crippen MR) is 117 cm³/mol. The number of nitrogens with one attached hydrogen (secondary N) is 1. The van der Waals surface area contributed by atoms with Crippen molar-refractivity contribution in [2.45, 2.75) is 25.9 Å². The second-order valence-electron chi connectivity index (χ2n) is 6.70. The molecule has 2 aromatic carbocycles. The van der Waals surface area contributed by atoms with Gasteiger partial charge in [0.25, 0.3) is 5.91 Å². The van der Waals surface area contributed by atoms with Crippen LogP contribution in [0.1, 0.15) is 28.4 Å². The van der Waals surface area contributed by atoms with Gasteiger partial charge in [-0.3, -0.25) is 9.59 Å². The van der Waals surface area contributed by atoms with Gasteiger partial charge in [-0.1, -0.05) is 30.3 Å². The summed E-state index contributed by atoms with van der Waals surface area (Å²) in [4.78, 5) is 38.4. The zero-order chi connectivity index (χ0) is 23.5. The molecule has 0 aromatic heterocycles. The van der Waals surface area contributed by atoms with E-state index in [1.807, 2.05) is 0 Å². The van der Waals surface area contributed by atoms with Crippen molar-refractivity contribution in [3.05, 3.63) is 65.2 Å². The zero-order valence-corrected chi connectivity index (χ0v) is 17.6. The molecule has 170 valence electrons. The third-order valence-electron chi connectivity index (χ3n) is 4.28. The molecule has 6 N–H and O–H groups in total. The molecular formula is C22H26N4O6. The molecule has 0 unspecified atom stereocenters. The number of carboxylic acid groups (broad SMARTS) is 1. The largest absolute Gasteiger partial charge is 0.482 e. The Balaban J connectivity index is 1.95. The summed E-state index contributed by atoms with van der Waals surface area (Å²) >= 11 is 0. The number of guanidine groups is 1. The van der Waals surface area contributed by atoms with E-state index in [2.05, 4.69) is 10.3 Å². The van der Waals surface area contributed by atoms with Crippen LogP contribution in [0, 0.1) is 0 Å². The molecular weight excluding hydrogens is 416 g/mol. The fourth-order valence-electron chi connectivity index (χ4n) is 2.65. The molecule has 2 rings (SSSR count). The predicted octanol–water partition coefficient (Wildman–Crippen LogP) is 0.828. The van der Waals surface area contributed by atoms with Gasteiger partial charge in [0.05, 0.1) is 6.61 Å². The van der Waals surface area contributed by atoms with Crippen LogP contribution in [0.3, 0.4) is 0 Å². The summed E-state index contributed by atoms with van der Waals surface area (Å²) in [5.41, 5.74) is 13.0. The first kappa shape index (κ1) is 24.4. The Hall–Kier alpha value is -3.92. The Labute approximate surface area is 185 Å². The summed E-state index contributed by atoms with van der Waals surface area (Å²) in [5.74, 6) is -1.75. The molecule has 1 atom stereocenters. The van der Waals surface area contributed by atoms with E-state index >= 15 is 0 Å². The number of nitrogens with zero attached hydrogens (tertiary/aromatic N) is 1. The van der Waals surface area contributed by atoms with Crippen LogP contribution in [0.15, 0.2) is 53.5 Å². The third kappa shape index (κ3) is 7.73. The Morgan fingerprint density at radius 2 is 1.81 bits per heavy atom. The van der Waals surface area contributed by atoms with E-state index in [1.54, 1.807) is 43.3 Å². The standard InChI is InChI=1S/C22H26N4O6/c1-2-31-19(27)13-32-18-6-4-3-5-16(18)12-25-22(24)26-20(28)15-9-7-14(8-10-15)11-17(23)21(29)30/h3-10,17H,2,11-13,23H2,1H3,(H,29,30)(H3,24,25,26,28)/t17-/m0/s1. The molecule has 10 heteroatoms. The van der Waals surface area contributed by atoms with Crippen LogP contribution in [0.25, 0.3) is 0 Å². The molecule has 2 aromatic rings. The van der Waals surface area contributed by atoms with Crippen molar-refractivity contribution in [3.8, 4) is 5.75 Å². The first-order valence-corrected chi connectivity index (χ1v) is 9.86. The van der Waals surface area contributed by atoms with Crippen LogP contribution < -0.4 is 21.5 Å². The third-order valence-corrected chi connectivity index (χ3v) is 4.28. The first-order chi connectivity index (χ1) is 15.3. The number of aliphatic imine (C=N–C) groups is 1. The van der Waals surface area contributed by atoms with Gasteiger partial charge in [0.15, 0.2) is 12.6 Å². The lowest BCUT2D eigenvalue weighted by Crippen LogP contribution is -2.32. The number of nitrogens with two attached hydrogens (primary N) is 2. The number of carbonyl (C=O) groups excluding carboxylic acids is 2. The monoisotopic (exact) mass is 442 g/mol. The number of rotatable bonds is 10. The lowest BCUT2D eigenvalue weighted by Gasteiger charge is -2.12. The fourth-order valence-corrected chi connectivity index (χ4v) is 2.65. The maximum atomic E-state index is 12.3. The molecule has 0 saturated heterocycles. The summed E-state index contributed by atoms with van der Waals surface area (Å²) in [6.45, 7) is 1.97. The molecule has 32 heavy (non-hydrogen) atoms. The van der Waals surface area contributed by atoms with E-state index in [9.17, 15) is 14.4 Å². The minimum Gasteiger partial charge on any atom is -0.482 e. The highest BCUT2D eigenvalue weighted by molar-refractivity contribution is 6.02. The molecule has 0 heterocycles. The van der Waals surface area contributed by atoms with Gasteiger partial charge < -0.3 is 31.4 Å². The normalized spacial score (nSPS) is 12.0. The first-order valence-electron chi connectivity index (χ1n) is 9.86. The Morgan fingerprint density at radius 1 is 1.12 bits per heavy atom. The molecule has 0 aliphatic heterocycles. The van der Waals surface area contributed by atoms with Crippen LogP contribution >= 0.6 is 0 Å². The van der Waals surface area contributed by atoms with Crippen LogP contribution in [0.5, 0.6) is 5.75 Å². The van der Waals surface area contributed by atoms with Gasteiger partial charge in [-0.05, 0) is 37.1 Å². The molecule has 0 aliphatic carbocycles. The molecule has 0 aliphatic rings. The van der Waals surface area contributed by atoms with Gasteiger partial charge in [0.2, 0.25) is 0 Å². The zero-order valence-electron chi connectivity index (χ0n) is 17.6. The molecule has 0 radical (unpaired) electrons. The van der Waals surface area contributed by atoms with Gasteiger partial charge in [0, 0.05) is 17.7 Å². The van der Waals surface area contributed by atoms with Gasteiger partial charge in [-0.25, -0.2) is 4.79 Å². The Kier molecular flexibility index (Phi) is 9.18. The number of benzene rings is 2. The maximum absolute atomic E-state index is 12.3. The smallest absolute Gasteiger partial charge is 0.344 e. The van der Waals surface area contributed by atoms with Crippen LogP contribution in [-0.2, 0) is 27.3 Å². The number of hydrogen-bond donors (Lipinski definition) is 4. The average molecular weight is 442 g/mol. The summed E-state index contributed by atoms with van der Waals surface area (Å²) < 4.78 is 10.3. The Bertz CT molecular complexity index is 975. The topological polar surface area (TPSA) is 166 Å². The van der Waals surface area contributed by atoms with Crippen molar-refractivity contribution >= 4 is 23.8 Å². The van der Waals surface area contributed by atoms with Crippen molar-refractivity contribution in [3.63, 3.8) is 0 Å². The molecule has 10 nitrogen and oxygen atoms in total. The second kappa shape index (κ2) is 12.1. The highest BCUT2D eigenvalue weighted by Crippen LogP contribution is 2.17. The van der Waals surface area contributed by atoms with Crippen molar-refractivity contribution in [2.75, 3.05) is 13.2 Å². The molecule has 0 fully saturated rings. The average Bonchev–Trinajstić information content (AvgIpc) is 2.77. The molecule has 0 spiro atoms. The molecule has 0 saturated carbocycles. The van der Waals surface area contributed by atoms with Crippen molar-refractivity contribution < 1.29 is 29.0 Å². The van der Waals surface area contributed by atoms with Gasteiger partial charge in [-0.2, -0.15) is 4.99 Å². The van der Waals surface area contributed by atoms with Gasteiger partial charge in [-0.15, -0.1) is 0 Å². The van der Waals surface area contributed by atoms with Crippen molar-refractivity contribution in [1.82, 2.24) is 5.32 Å². The van der Waals surface area contributed by atoms with Crippen LogP contribution in [0.2, 0.25) is 0 Å². The second-order valence-corrected chi connectivity index (χ2v) is 6.70. The van der Waals surface area contributed by atoms with E-state index < -0.39 is 23.9 Å². The minimum absolute atomic E-state index is 0.0906. The fraction of sp³-hybridized carbons (Fsp3) is 0.273. The highest BCUT2D eigenvalue weighted by atomic mass is 16.6. The lowest BCUT2D eigenvalue weighted by atomic mass is 10.0. The van der Waals surface area contributed by atoms with E-state index in [-0.39, 0.29) is 32.1 Å². The highest BCUT2D eigenvalue weighted by Gasteiger charge is 2.13. The van der Waals surface area contributed by atoms with E-state index in [1.165, 1.54) is 12.1 Å². The number of amides is 1. The van der Waals surface area contributed by atoms with E-state index in [4.69, 9.17) is 26.0 Å². The van der Waals surface area contributed by atoms with Crippen LogP contribution in [-0.4, -0.2) is 48.2 Å². The number of carbonyl (C=O) groups is 3. The number of esters is 1. The molecule has 1 amide bonds. The van der Waals surface area contributed by atoms with Gasteiger partial charge in [0.1, 0.15) is 11.8 Å². The van der Waals surface area contributed by atoms with E-state index in [0.717, 1.165) is 0 Å². The van der Waals surface area contributed by atoms with E-state index in [0.29, 0.717) is 22.4 Å². The van der Waals surface area contributed by atoms with Crippen molar-refractivity contribution in [2.24, 2.45) is 16.5 Å². The summed E-state index contributed by atoms with van der Waals surface area (Å²) in [5, 5.41) is 11.7. The number of ether oxygens (including phenoxy) is 2. The minimum atomic E-state index is -1.10. The Morgan fingerprint density at radius 3 is 2.47 bits per heavy atom. The summed E-state index contributed by atoms with van der Waals surface area (Å²) in [6, 6.07) is 12.3. The summed E-state index contributed by atoms with van der Waals surface area (Å²) in [6.07, 6.45) is 0.147. The van der Waals surface area contributed by atoms with Gasteiger partial charge >= 0.3 is 11.9 Å². The quantitative estimate of drug-likeness (QED) is 0.237. The van der Waals surface area contributed by atoms with Crippen LogP contribution in [0.4, 0.5) is 0 Å². The maximum Gasteiger partial charge on any atom is 0.344 e. The van der Waals surface area contributed by atoms with Crippen molar-refractivity contribution in [1.29, 1.82) is 0 Å². The molecule has 0 bridgehead atoms. The number of carboxylic acids is 1. The number of para-hydroxylation sites is 1. The lowest BCUT2D eigenvalue weighted by molar-refractivity contribution is -0.145.